The maximum Gasteiger partial charge on any atom is 0.472 e. The molecule has 10 nitrogen and oxygen atoms in total. The van der Waals surface area contributed by atoms with Crippen LogP contribution in [-0.2, 0) is 32.7 Å². The number of hydrogen-bond acceptors (Lipinski definition) is 8. The van der Waals surface area contributed by atoms with E-state index in [0.29, 0.717) is 13.0 Å². The largest absolute Gasteiger partial charge is 0.480 e. The number of aliphatic carboxylic acids is 1. The SMILES string of the molecule is CCCCCCC/C=C\C/C=C\CCCCCCCCCCCCOCC(COP(=O)(O)OCC(N)C(=O)O)OC(=O)CCCCCCC/C=C\CCCCCCCC. The van der Waals surface area contributed by atoms with Crippen LogP contribution in [0, 0.1) is 0 Å². The lowest BCUT2D eigenvalue weighted by molar-refractivity contribution is -0.154. The minimum absolute atomic E-state index is 0.0127. The third-order valence-electron chi connectivity index (χ3n) is 10.4. The molecule has 11 heteroatoms. The Labute approximate surface area is 361 Å². The molecule has 0 aromatic carbocycles. The number of carbonyl (C=O) groups excluding carboxylic acids is 1. The Balaban J connectivity index is 4.16. The van der Waals surface area contributed by atoms with E-state index in [1.807, 2.05) is 0 Å². The van der Waals surface area contributed by atoms with Crippen LogP contribution in [0.15, 0.2) is 36.5 Å². The highest BCUT2D eigenvalue weighted by Gasteiger charge is 2.27. The Hall–Kier alpha value is -1.81. The fraction of sp³-hybridized carbons (Fsp3) is 0.833. The zero-order valence-electron chi connectivity index (χ0n) is 37.9. The molecule has 0 heterocycles. The Morgan fingerprint density at radius 3 is 1.39 bits per heavy atom. The predicted molar refractivity (Wildman–Crippen MR) is 245 cm³/mol. The number of carboxylic acid groups (broad SMARTS) is 1. The number of unbranched alkanes of at least 4 members (excludes halogenated alkanes) is 26. The first-order chi connectivity index (χ1) is 28.7. The van der Waals surface area contributed by atoms with Gasteiger partial charge in [-0.1, -0.05) is 179 Å². The zero-order chi connectivity index (χ0) is 43.3. The zero-order valence-corrected chi connectivity index (χ0v) is 38.7. The van der Waals surface area contributed by atoms with Gasteiger partial charge in [0.1, 0.15) is 12.1 Å². The van der Waals surface area contributed by atoms with Gasteiger partial charge >= 0.3 is 19.8 Å². The molecule has 0 saturated carbocycles. The minimum atomic E-state index is -4.62. The van der Waals surface area contributed by atoms with E-state index < -0.39 is 45.1 Å². The summed E-state index contributed by atoms with van der Waals surface area (Å²) in [7, 11) is -4.62. The van der Waals surface area contributed by atoms with Gasteiger partial charge in [-0.15, -0.1) is 0 Å². The van der Waals surface area contributed by atoms with Crippen LogP contribution in [-0.4, -0.2) is 60.5 Å². The number of ether oxygens (including phenoxy) is 2. The van der Waals surface area contributed by atoms with Gasteiger partial charge in [0.25, 0.3) is 0 Å². The Morgan fingerprint density at radius 2 is 0.932 bits per heavy atom. The monoisotopic (exact) mass is 856 g/mol. The molecular weight excluding hydrogens is 765 g/mol. The van der Waals surface area contributed by atoms with Crippen molar-refractivity contribution in [2.45, 2.75) is 231 Å². The molecule has 0 spiro atoms. The number of nitrogens with two attached hydrogens (primary N) is 1. The summed E-state index contributed by atoms with van der Waals surface area (Å²) in [6.07, 6.45) is 50.5. The number of carbonyl (C=O) groups is 2. The van der Waals surface area contributed by atoms with Gasteiger partial charge < -0.3 is 25.2 Å². The molecule has 0 bridgehead atoms. The smallest absolute Gasteiger partial charge is 0.472 e. The van der Waals surface area contributed by atoms with Crippen molar-refractivity contribution in [1.29, 1.82) is 0 Å². The van der Waals surface area contributed by atoms with Gasteiger partial charge in [0, 0.05) is 13.0 Å². The van der Waals surface area contributed by atoms with Crippen LogP contribution in [0.1, 0.15) is 219 Å². The number of phosphoric acid groups is 1. The summed E-state index contributed by atoms with van der Waals surface area (Å²) in [5.74, 6) is -1.78. The van der Waals surface area contributed by atoms with Crippen LogP contribution < -0.4 is 5.73 Å². The van der Waals surface area contributed by atoms with Crippen molar-refractivity contribution in [3.8, 4) is 0 Å². The lowest BCUT2D eigenvalue weighted by Crippen LogP contribution is -2.34. The van der Waals surface area contributed by atoms with Crippen LogP contribution in [0.3, 0.4) is 0 Å². The summed E-state index contributed by atoms with van der Waals surface area (Å²) in [4.78, 5) is 33.6. The second kappa shape index (κ2) is 44.3. The van der Waals surface area contributed by atoms with E-state index in [0.717, 1.165) is 57.8 Å². The van der Waals surface area contributed by atoms with Crippen molar-refractivity contribution >= 4 is 19.8 Å². The molecule has 3 atom stereocenters. The van der Waals surface area contributed by atoms with E-state index in [-0.39, 0.29) is 13.0 Å². The Kier molecular flexibility index (Phi) is 42.9. The molecular formula is C48H90NO9P. The van der Waals surface area contributed by atoms with Gasteiger partial charge in [0.05, 0.1) is 19.8 Å². The molecule has 0 rings (SSSR count). The van der Waals surface area contributed by atoms with Crippen molar-refractivity contribution < 1.29 is 42.7 Å². The van der Waals surface area contributed by atoms with Gasteiger partial charge in [0.15, 0.2) is 0 Å². The summed E-state index contributed by atoms with van der Waals surface area (Å²) >= 11 is 0. The van der Waals surface area contributed by atoms with Gasteiger partial charge in [0.2, 0.25) is 0 Å². The molecule has 0 amide bonds. The first-order valence-electron chi connectivity index (χ1n) is 24.0. The molecule has 0 aliphatic rings. The number of hydrogen-bond donors (Lipinski definition) is 3. The van der Waals surface area contributed by atoms with E-state index in [9.17, 15) is 19.0 Å². The van der Waals surface area contributed by atoms with Gasteiger partial charge in [-0.05, 0) is 70.6 Å². The van der Waals surface area contributed by atoms with Crippen molar-refractivity contribution in [2.75, 3.05) is 26.4 Å². The van der Waals surface area contributed by atoms with Crippen LogP contribution in [0.25, 0.3) is 0 Å². The van der Waals surface area contributed by atoms with Gasteiger partial charge in [-0.3, -0.25) is 18.6 Å². The quantitative estimate of drug-likeness (QED) is 0.0233. The molecule has 0 aromatic rings. The minimum Gasteiger partial charge on any atom is -0.480 e. The van der Waals surface area contributed by atoms with Crippen molar-refractivity contribution in [3.05, 3.63) is 36.5 Å². The molecule has 346 valence electrons. The molecule has 4 N–H and O–H groups in total. The summed E-state index contributed by atoms with van der Waals surface area (Å²) in [5.41, 5.74) is 5.36. The molecule has 3 unspecified atom stereocenters. The van der Waals surface area contributed by atoms with Crippen LogP contribution in [0.2, 0.25) is 0 Å². The molecule has 0 aliphatic heterocycles. The number of carboxylic acids is 1. The highest BCUT2D eigenvalue weighted by molar-refractivity contribution is 7.47. The number of allylic oxidation sites excluding steroid dienone is 6. The molecule has 59 heavy (non-hydrogen) atoms. The van der Waals surface area contributed by atoms with E-state index in [1.54, 1.807) is 0 Å². The highest BCUT2D eigenvalue weighted by Crippen LogP contribution is 2.43. The van der Waals surface area contributed by atoms with E-state index in [2.05, 4.69) is 50.3 Å². The highest BCUT2D eigenvalue weighted by atomic mass is 31.2. The normalized spacial score (nSPS) is 14.1. The van der Waals surface area contributed by atoms with Crippen molar-refractivity contribution in [1.82, 2.24) is 0 Å². The number of esters is 1. The number of rotatable bonds is 46. The first-order valence-corrected chi connectivity index (χ1v) is 25.5. The second-order valence-electron chi connectivity index (χ2n) is 16.2. The molecule has 0 aliphatic carbocycles. The van der Waals surface area contributed by atoms with Crippen molar-refractivity contribution in [2.24, 2.45) is 5.73 Å². The standard InChI is InChI=1S/C48H90NO9P/c1-3-5-7-9-11-13-15-17-19-20-21-22-23-24-25-27-29-31-33-35-37-39-41-55-42-45(43-56-59(53,54)57-44-46(49)48(51)52)58-47(50)40-38-36-34-32-30-28-26-18-16-14-12-10-8-6-4-2/h15,17-18,20-21,26,45-46H,3-14,16,19,22-25,27-44,49H2,1-2H3,(H,51,52)(H,53,54)/b17-15-,21-20-,26-18-. The van der Waals surface area contributed by atoms with Crippen LogP contribution >= 0.6 is 7.82 Å². The molecule has 0 aromatic heterocycles. The Bertz CT molecular complexity index is 1080. The molecule has 0 saturated heterocycles. The summed E-state index contributed by atoms with van der Waals surface area (Å²) in [6, 6.07) is -1.47. The molecule has 0 fully saturated rings. The third-order valence-corrected chi connectivity index (χ3v) is 11.3. The maximum absolute atomic E-state index is 12.6. The first kappa shape index (κ1) is 57.2. The fourth-order valence-corrected chi connectivity index (χ4v) is 7.41. The van der Waals surface area contributed by atoms with E-state index in [4.69, 9.17) is 29.4 Å². The van der Waals surface area contributed by atoms with Gasteiger partial charge in [-0.2, -0.15) is 0 Å². The van der Waals surface area contributed by atoms with Crippen LogP contribution in [0.5, 0.6) is 0 Å². The third kappa shape index (κ3) is 44.1. The van der Waals surface area contributed by atoms with Crippen LogP contribution in [0.4, 0.5) is 0 Å². The number of phosphoric ester groups is 1. The predicted octanol–water partition coefficient (Wildman–Crippen LogP) is 13.7. The van der Waals surface area contributed by atoms with E-state index in [1.165, 1.54) is 135 Å². The second-order valence-corrected chi connectivity index (χ2v) is 17.7. The average molecular weight is 856 g/mol. The summed E-state index contributed by atoms with van der Waals surface area (Å²) in [6.45, 7) is 3.87. The fourth-order valence-electron chi connectivity index (χ4n) is 6.63. The Morgan fingerprint density at radius 1 is 0.542 bits per heavy atom. The van der Waals surface area contributed by atoms with Crippen molar-refractivity contribution in [3.63, 3.8) is 0 Å². The lowest BCUT2D eigenvalue weighted by atomic mass is 10.1. The summed E-state index contributed by atoms with van der Waals surface area (Å²) < 4.78 is 33.4. The molecule has 0 radical (unpaired) electrons. The topological polar surface area (TPSA) is 155 Å². The van der Waals surface area contributed by atoms with Gasteiger partial charge in [-0.25, -0.2) is 4.57 Å². The maximum atomic E-state index is 12.6. The lowest BCUT2D eigenvalue weighted by Gasteiger charge is -2.20. The van der Waals surface area contributed by atoms with E-state index >= 15 is 0 Å². The summed E-state index contributed by atoms with van der Waals surface area (Å²) in [5, 5.41) is 8.91. The average Bonchev–Trinajstić information content (AvgIpc) is 3.21.